The number of hydrogen-bond donors (Lipinski definition) is 0. The normalized spacial score (nSPS) is 16.9. The Labute approximate surface area is 164 Å². The molecule has 1 amide bonds. The fourth-order valence-corrected chi connectivity index (χ4v) is 3.98. The lowest BCUT2D eigenvalue weighted by Crippen LogP contribution is -2.29. The zero-order chi connectivity index (χ0) is 19.8. The first kappa shape index (κ1) is 18.3. The van der Waals surface area contributed by atoms with Crippen LogP contribution in [0.25, 0.3) is 22.4 Å². The van der Waals surface area contributed by atoms with E-state index in [1.165, 1.54) is 0 Å². The lowest BCUT2D eigenvalue weighted by molar-refractivity contribution is -0.127. The smallest absolute Gasteiger partial charge is 0.222 e. The predicted octanol–water partition coefficient (Wildman–Crippen LogP) is 2.04. The van der Waals surface area contributed by atoms with Gasteiger partial charge < -0.3 is 9.80 Å². The Balaban J connectivity index is 1.73. The monoisotopic (exact) mass is 379 g/mol. The summed E-state index contributed by atoms with van der Waals surface area (Å²) in [5.74, 6) is 2.04. The first-order chi connectivity index (χ1) is 13.5. The van der Waals surface area contributed by atoms with Gasteiger partial charge in [-0.25, -0.2) is 9.97 Å². The van der Waals surface area contributed by atoms with Crippen molar-refractivity contribution in [3.8, 4) is 11.4 Å². The molecule has 28 heavy (non-hydrogen) atoms. The van der Waals surface area contributed by atoms with Crippen molar-refractivity contribution in [3.05, 3.63) is 30.2 Å². The minimum absolute atomic E-state index is 0.240. The van der Waals surface area contributed by atoms with E-state index in [0.29, 0.717) is 18.2 Å². The molecule has 0 aliphatic carbocycles. The topological polar surface area (TPSA) is 80.0 Å². The number of likely N-dealkylation sites (tertiary alicyclic amines) is 1. The number of anilines is 1. The Bertz CT molecular complexity index is 1010. The maximum Gasteiger partial charge on any atom is 0.222 e. The molecule has 1 saturated heterocycles. The van der Waals surface area contributed by atoms with Crippen LogP contribution in [0.5, 0.6) is 0 Å². The van der Waals surface area contributed by atoms with Crippen LogP contribution in [0, 0.1) is 12.8 Å². The summed E-state index contributed by atoms with van der Waals surface area (Å²) in [7, 11) is 3.93. The van der Waals surface area contributed by atoms with Crippen molar-refractivity contribution >= 4 is 22.8 Å². The third-order valence-corrected chi connectivity index (χ3v) is 5.35. The molecule has 1 fully saturated rings. The summed E-state index contributed by atoms with van der Waals surface area (Å²) < 4.78 is 1.80. The molecule has 3 aromatic rings. The van der Waals surface area contributed by atoms with Crippen LogP contribution in [-0.2, 0) is 11.8 Å². The Kier molecular flexibility index (Phi) is 4.70. The number of amides is 1. The minimum atomic E-state index is 0.240. The molecule has 0 radical (unpaired) electrons. The van der Waals surface area contributed by atoms with E-state index in [-0.39, 0.29) is 5.91 Å². The molecule has 1 aliphatic heterocycles. The Morgan fingerprint density at radius 1 is 1.25 bits per heavy atom. The van der Waals surface area contributed by atoms with E-state index in [4.69, 9.17) is 9.97 Å². The lowest BCUT2D eigenvalue weighted by Gasteiger charge is -2.23. The highest BCUT2D eigenvalue weighted by atomic mass is 16.2. The molecule has 0 bridgehead atoms. The molecule has 4 heterocycles. The summed E-state index contributed by atoms with van der Waals surface area (Å²) in [5.41, 5.74) is 2.62. The lowest BCUT2D eigenvalue weighted by atomic mass is 10.1. The molecule has 0 N–H and O–H groups in total. The summed E-state index contributed by atoms with van der Waals surface area (Å²) in [6.07, 6.45) is 4.07. The molecule has 0 unspecified atom stereocenters. The van der Waals surface area contributed by atoms with E-state index in [1.807, 2.05) is 45.0 Å². The summed E-state index contributed by atoms with van der Waals surface area (Å²) in [5, 5.41) is 5.51. The van der Waals surface area contributed by atoms with Crippen LogP contribution in [0.15, 0.2) is 24.5 Å². The second-order valence-electron chi connectivity index (χ2n) is 7.40. The van der Waals surface area contributed by atoms with Crippen molar-refractivity contribution in [2.24, 2.45) is 13.0 Å². The summed E-state index contributed by atoms with van der Waals surface area (Å²) in [6.45, 7) is 6.34. The van der Waals surface area contributed by atoms with Gasteiger partial charge in [0.25, 0.3) is 0 Å². The molecule has 146 valence electrons. The predicted molar refractivity (Wildman–Crippen MR) is 108 cm³/mol. The molecule has 1 aliphatic rings. The molecule has 0 saturated carbocycles. The van der Waals surface area contributed by atoms with Crippen LogP contribution >= 0.6 is 0 Å². The van der Waals surface area contributed by atoms with Gasteiger partial charge in [-0.3, -0.25) is 14.5 Å². The van der Waals surface area contributed by atoms with Crippen LogP contribution < -0.4 is 4.90 Å². The zero-order valence-corrected chi connectivity index (χ0v) is 16.8. The number of aromatic nitrogens is 5. The van der Waals surface area contributed by atoms with Crippen molar-refractivity contribution in [1.82, 2.24) is 29.6 Å². The Morgan fingerprint density at radius 3 is 2.68 bits per heavy atom. The van der Waals surface area contributed by atoms with Gasteiger partial charge in [0.1, 0.15) is 5.82 Å². The first-order valence-corrected chi connectivity index (χ1v) is 9.58. The van der Waals surface area contributed by atoms with Gasteiger partial charge >= 0.3 is 0 Å². The van der Waals surface area contributed by atoms with Gasteiger partial charge in [-0.1, -0.05) is 0 Å². The maximum atomic E-state index is 12.1. The van der Waals surface area contributed by atoms with Crippen LogP contribution in [0.2, 0.25) is 0 Å². The van der Waals surface area contributed by atoms with Crippen LogP contribution in [0.1, 0.15) is 19.0 Å². The van der Waals surface area contributed by atoms with E-state index in [9.17, 15) is 4.79 Å². The van der Waals surface area contributed by atoms with Crippen molar-refractivity contribution in [3.63, 3.8) is 0 Å². The molecular weight excluding hydrogens is 354 g/mol. The number of fused-ring (bicyclic) bond motifs is 1. The van der Waals surface area contributed by atoms with E-state index in [2.05, 4.69) is 15.0 Å². The number of rotatable bonds is 5. The third-order valence-electron chi connectivity index (χ3n) is 5.35. The van der Waals surface area contributed by atoms with Crippen molar-refractivity contribution in [2.75, 3.05) is 31.6 Å². The molecule has 8 heteroatoms. The summed E-state index contributed by atoms with van der Waals surface area (Å²) >= 11 is 0. The molecule has 4 rings (SSSR count). The number of pyridine rings is 1. The average Bonchev–Trinajstić information content (AvgIpc) is 3.20. The highest BCUT2D eigenvalue weighted by Gasteiger charge is 2.30. The van der Waals surface area contributed by atoms with Crippen LogP contribution in [0.3, 0.4) is 0 Å². The van der Waals surface area contributed by atoms with Gasteiger partial charge in [-0.05, 0) is 26.0 Å². The SMILES string of the molecule is CCN1C[C@@H](CN(C)c2nc(-c3ccncc3)nc3c2c(C)nn3C)CC1=O. The molecule has 0 aromatic carbocycles. The molecule has 0 spiro atoms. The second kappa shape index (κ2) is 7.18. The largest absolute Gasteiger partial charge is 0.359 e. The Morgan fingerprint density at radius 2 is 2.00 bits per heavy atom. The van der Waals surface area contributed by atoms with E-state index < -0.39 is 0 Å². The maximum absolute atomic E-state index is 12.1. The molecule has 8 nitrogen and oxygen atoms in total. The zero-order valence-electron chi connectivity index (χ0n) is 16.8. The first-order valence-electron chi connectivity index (χ1n) is 9.58. The summed E-state index contributed by atoms with van der Waals surface area (Å²) in [4.78, 5) is 29.9. The standard InChI is InChI=1S/C20H25N7O/c1-5-27-12-14(10-16(27)28)11-25(3)19-17-13(2)24-26(4)20(17)23-18(22-19)15-6-8-21-9-7-15/h6-9,14H,5,10-12H2,1-4H3/t14-/m1/s1. The fourth-order valence-electron chi connectivity index (χ4n) is 3.98. The third kappa shape index (κ3) is 3.19. The van der Waals surface area contributed by atoms with Crippen molar-refractivity contribution in [2.45, 2.75) is 20.3 Å². The van der Waals surface area contributed by atoms with E-state index in [0.717, 1.165) is 47.7 Å². The average molecular weight is 379 g/mol. The number of hydrogen-bond acceptors (Lipinski definition) is 6. The van der Waals surface area contributed by atoms with Gasteiger partial charge in [-0.15, -0.1) is 0 Å². The van der Waals surface area contributed by atoms with Crippen LogP contribution in [0.4, 0.5) is 5.82 Å². The molecular formula is C20H25N7O. The number of carbonyl (C=O) groups is 1. The summed E-state index contributed by atoms with van der Waals surface area (Å²) in [6, 6.07) is 3.81. The van der Waals surface area contributed by atoms with E-state index >= 15 is 0 Å². The second-order valence-corrected chi connectivity index (χ2v) is 7.40. The molecule has 1 atom stereocenters. The highest BCUT2D eigenvalue weighted by Crippen LogP contribution is 2.30. The van der Waals surface area contributed by atoms with Gasteiger partial charge in [0.05, 0.1) is 11.1 Å². The number of nitrogens with zero attached hydrogens (tertiary/aromatic N) is 7. The van der Waals surface area contributed by atoms with Crippen molar-refractivity contribution < 1.29 is 4.79 Å². The minimum Gasteiger partial charge on any atom is -0.359 e. The van der Waals surface area contributed by atoms with Gasteiger partial charge in [0.2, 0.25) is 5.91 Å². The number of aryl methyl sites for hydroxylation is 2. The van der Waals surface area contributed by atoms with E-state index in [1.54, 1.807) is 17.1 Å². The highest BCUT2D eigenvalue weighted by molar-refractivity contribution is 5.91. The quantitative estimate of drug-likeness (QED) is 0.675. The fraction of sp³-hybridized carbons (Fsp3) is 0.450. The van der Waals surface area contributed by atoms with Crippen LogP contribution in [-0.4, -0.2) is 62.2 Å². The number of carbonyl (C=O) groups excluding carboxylic acids is 1. The van der Waals surface area contributed by atoms with Gasteiger partial charge in [-0.2, -0.15) is 5.10 Å². The van der Waals surface area contributed by atoms with Gasteiger partial charge in [0, 0.05) is 64.0 Å². The Hall–Kier alpha value is -3.03. The molecule has 3 aromatic heterocycles. The van der Waals surface area contributed by atoms with Crippen molar-refractivity contribution in [1.29, 1.82) is 0 Å². The van der Waals surface area contributed by atoms with Gasteiger partial charge in [0.15, 0.2) is 11.5 Å².